The van der Waals surface area contributed by atoms with Gasteiger partial charge in [-0.25, -0.2) is 0 Å². The summed E-state index contributed by atoms with van der Waals surface area (Å²) in [6.45, 7) is 4.07. The molecule has 0 rings (SSSR count). The Morgan fingerprint density at radius 3 is 2.55 bits per heavy atom. The van der Waals surface area contributed by atoms with Gasteiger partial charge in [0.05, 0.1) is 0 Å². The lowest BCUT2D eigenvalue weighted by Gasteiger charge is -2.17. The van der Waals surface area contributed by atoms with E-state index in [-0.39, 0.29) is 6.42 Å². The molecule has 2 unspecified atom stereocenters. The van der Waals surface area contributed by atoms with E-state index in [0.29, 0.717) is 17.6 Å². The van der Waals surface area contributed by atoms with Crippen LogP contribution in [0.15, 0.2) is 0 Å². The molecule has 0 bridgehead atoms. The highest BCUT2D eigenvalue weighted by Crippen LogP contribution is 2.17. The molecule has 0 N–H and O–H groups in total. The summed E-state index contributed by atoms with van der Waals surface area (Å²) in [5.41, 5.74) is 0. The molecule has 0 radical (unpaired) electrons. The lowest BCUT2D eigenvalue weighted by molar-refractivity contribution is -0.306. The Bertz CT molecular complexity index is 125. The van der Waals surface area contributed by atoms with Crippen LogP contribution in [0.25, 0.3) is 0 Å². The van der Waals surface area contributed by atoms with Crippen LogP contribution in [0.2, 0.25) is 0 Å². The minimum Gasteiger partial charge on any atom is -0.550 e. The van der Waals surface area contributed by atoms with Crippen molar-refractivity contribution in [3.05, 3.63) is 0 Å². The highest BCUT2D eigenvalue weighted by molar-refractivity contribution is 7.81. The van der Waals surface area contributed by atoms with Crippen LogP contribution in [0.4, 0.5) is 0 Å². The fourth-order valence-electron chi connectivity index (χ4n) is 0.940. The lowest BCUT2D eigenvalue weighted by Crippen LogP contribution is -2.23. The molecule has 0 spiro atoms. The second-order valence-corrected chi connectivity index (χ2v) is 3.53. The van der Waals surface area contributed by atoms with Crippen LogP contribution < -0.4 is 5.11 Å². The molecule has 0 saturated heterocycles. The number of carbonyl (C=O) groups excluding carboxylic acids is 1. The number of carboxylic acid groups (broad SMARTS) is 1. The average molecular weight is 175 g/mol. The number of aliphatic carboxylic acids is 1. The van der Waals surface area contributed by atoms with Gasteiger partial charge in [0.1, 0.15) is 0 Å². The molecule has 0 heterocycles. The van der Waals surface area contributed by atoms with Gasteiger partial charge in [0, 0.05) is 11.2 Å². The first-order chi connectivity index (χ1) is 5.07. The second kappa shape index (κ2) is 5.47. The standard InChI is InChI=1S/C8H16O2S/c1-3-7(11)6(2)4-5-8(9)10/h6-7,11H,3-5H2,1-2H3,(H,9,10)/p-1. The quantitative estimate of drug-likeness (QED) is 0.630. The van der Waals surface area contributed by atoms with Gasteiger partial charge in [-0.2, -0.15) is 12.6 Å². The van der Waals surface area contributed by atoms with Gasteiger partial charge in [-0.15, -0.1) is 0 Å². The molecule has 0 saturated carbocycles. The highest BCUT2D eigenvalue weighted by atomic mass is 32.1. The molecule has 11 heavy (non-hydrogen) atoms. The van der Waals surface area contributed by atoms with E-state index in [2.05, 4.69) is 12.6 Å². The van der Waals surface area contributed by atoms with Crippen LogP contribution in [0.5, 0.6) is 0 Å². The van der Waals surface area contributed by atoms with Crippen molar-refractivity contribution in [2.75, 3.05) is 0 Å². The molecule has 0 fully saturated rings. The predicted molar refractivity (Wildman–Crippen MR) is 46.5 cm³/mol. The van der Waals surface area contributed by atoms with Gasteiger partial charge in [-0.3, -0.25) is 0 Å². The summed E-state index contributed by atoms with van der Waals surface area (Å²) >= 11 is 4.31. The maximum Gasteiger partial charge on any atom is 0.0414 e. The van der Waals surface area contributed by atoms with E-state index in [1.807, 2.05) is 13.8 Å². The fraction of sp³-hybridized carbons (Fsp3) is 0.875. The van der Waals surface area contributed by atoms with E-state index in [4.69, 9.17) is 0 Å². The van der Waals surface area contributed by atoms with E-state index in [0.717, 1.165) is 6.42 Å². The maximum absolute atomic E-state index is 10.1. The van der Waals surface area contributed by atoms with Gasteiger partial charge in [-0.1, -0.05) is 13.8 Å². The van der Waals surface area contributed by atoms with Gasteiger partial charge in [0.15, 0.2) is 0 Å². The van der Waals surface area contributed by atoms with E-state index in [1.54, 1.807) is 0 Å². The Kier molecular flexibility index (Phi) is 5.38. The van der Waals surface area contributed by atoms with Crippen LogP contribution in [-0.2, 0) is 4.79 Å². The normalized spacial score (nSPS) is 15.9. The van der Waals surface area contributed by atoms with Crippen LogP contribution in [0.3, 0.4) is 0 Å². The monoisotopic (exact) mass is 175 g/mol. The first-order valence-electron chi connectivity index (χ1n) is 3.95. The number of thiol groups is 1. The minimum atomic E-state index is -0.964. The molecule has 0 amide bonds. The minimum absolute atomic E-state index is 0.151. The lowest BCUT2D eigenvalue weighted by atomic mass is 10.00. The molecular formula is C8H15O2S-. The Hall–Kier alpha value is -0.180. The number of carboxylic acids is 1. The first kappa shape index (κ1) is 10.8. The third-order valence-electron chi connectivity index (χ3n) is 1.88. The Morgan fingerprint density at radius 1 is 1.64 bits per heavy atom. The van der Waals surface area contributed by atoms with Crippen molar-refractivity contribution in [2.24, 2.45) is 5.92 Å². The Labute approximate surface area is 73.4 Å². The molecule has 0 aromatic carbocycles. The smallest absolute Gasteiger partial charge is 0.0414 e. The number of rotatable bonds is 5. The molecule has 2 atom stereocenters. The van der Waals surface area contributed by atoms with Crippen molar-refractivity contribution in [3.8, 4) is 0 Å². The largest absolute Gasteiger partial charge is 0.550 e. The summed E-state index contributed by atoms with van der Waals surface area (Å²) in [6, 6.07) is 0. The third-order valence-corrected chi connectivity index (χ3v) is 2.75. The van der Waals surface area contributed by atoms with Gasteiger partial charge in [0.25, 0.3) is 0 Å². The first-order valence-corrected chi connectivity index (χ1v) is 4.47. The van der Waals surface area contributed by atoms with Crippen molar-refractivity contribution in [2.45, 2.75) is 38.4 Å². The predicted octanol–water partition coefficient (Wildman–Crippen LogP) is 0.861. The van der Waals surface area contributed by atoms with Crippen LogP contribution in [-0.4, -0.2) is 11.2 Å². The van der Waals surface area contributed by atoms with Crippen molar-refractivity contribution in [3.63, 3.8) is 0 Å². The molecule has 0 aromatic rings. The van der Waals surface area contributed by atoms with Crippen LogP contribution in [0, 0.1) is 5.92 Å². The molecule has 2 nitrogen and oxygen atoms in total. The highest BCUT2D eigenvalue weighted by Gasteiger charge is 2.09. The zero-order chi connectivity index (χ0) is 8.85. The van der Waals surface area contributed by atoms with Crippen molar-refractivity contribution in [1.82, 2.24) is 0 Å². The summed E-state index contributed by atoms with van der Waals surface area (Å²) < 4.78 is 0. The van der Waals surface area contributed by atoms with Crippen LogP contribution >= 0.6 is 12.6 Å². The van der Waals surface area contributed by atoms with Gasteiger partial charge in [-0.05, 0) is 25.2 Å². The van der Waals surface area contributed by atoms with E-state index < -0.39 is 5.97 Å². The van der Waals surface area contributed by atoms with Crippen molar-refractivity contribution in [1.29, 1.82) is 0 Å². The van der Waals surface area contributed by atoms with Crippen LogP contribution in [0.1, 0.15) is 33.1 Å². The molecule has 3 heteroatoms. The van der Waals surface area contributed by atoms with E-state index >= 15 is 0 Å². The summed E-state index contributed by atoms with van der Waals surface area (Å²) in [7, 11) is 0. The molecule has 0 aromatic heterocycles. The van der Waals surface area contributed by atoms with E-state index in [9.17, 15) is 9.90 Å². The Balaban J connectivity index is 3.51. The SMILES string of the molecule is CCC(S)C(C)CCC(=O)[O-]. The molecular weight excluding hydrogens is 160 g/mol. The Morgan fingerprint density at radius 2 is 2.18 bits per heavy atom. The summed E-state index contributed by atoms with van der Waals surface area (Å²) in [4.78, 5) is 10.1. The molecule has 66 valence electrons. The molecule has 0 aliphatic heterocycles. The molecule has 0 aliphatic carbocycles. The second-order valence-electron chi connectivity index (χ2n) is 2.86. The van der Waals surface area contributed by atoms with Gasteiger partial charge < -0.3 is 9.90 Å². The number of carbonyl (C=O) groups is 1. The molecule has 0 aliphatic rings. The number of hydrogen-bond acceptors (Lipinski definition) is 3. The van der Waals surface area contributed by atoms with Crippen molar-refractivity contribution < 1.29 is 9.90 Å². The van der Waals surface area contributed by atoms with E-state index in [1.165, 1.54) is 0 Å². The zero-order valence-electron chi connectivity index (χ0n) is 7.04. The van der Waals surface area contributed by atoms with Gasteiger partial charge in [0.2, 0.25) is 0 Å². The maximum atomic E-state index is 10.1. The third kappa shape index (κ3) is 5.13. The zero-order valence-corrected chi connectivity index (χ0v) is 7.93. The number of hydrogen-bond donors (Lipinski definition) is 1. The fourth-order valence-corrected chi connectivity index (χ4v) is 1.09. The summed E-state index contributed by atoms with van der Waals surface area (Å²) in [5, 5.41) is 10.4. The van der Waals surface area contributed by atoms with Gasteiger partial charge >= 0.3 is 0 Å². The summed E-state index contributed by atoms with van der Waals surface area (Å²) in [5.74, 6) is -0.602. The average Bonchev–Trinajstić information content (AvgIpc) is 1.98. The topological polar surface area (TPSA) is 40.1 Å². The summed E-state index contributed by atoms with van der Waals surface area (Å²) in [6.07, 6.45) is 1.81. The van der Waals surface area contributed by atoms with Crippen molar-refractivity contribution >= 4 is 18.6 Å².